The van der Waals surface area contributed by atoms with Gasteiger partial charge >= 0.3 is 0 Å². The van der Waals surface area contributed by atoms with Crippen molar-refractivity contribution >= 4 is 27.3 Å². The molecule has 7 nitrogen and oxygen atoms in total. The Bertz CT molecular complexity index is 926. The Morgan fingerprint density at radius 2 is 1.81 bits per heavy atom. The van der Waals surface area contributed by atoms with Gasteiger partial charge in [0.05, 0.1) is 23.7 Å². The van der Waals surface area contributed by atoms with E-state index in [2.05, 4.69) is 10.0 Å². The predicted octanol–water partition coefficient (Wildman–Crippen LogP) is 2.73. The van der Waals surface area contributed by atoms with Crippen molar-refractivity contribution in [2.24, 2.45) is 11.7 Å². The maximum absolute atomic E-state index is 12.9. The Morgan fingerprint density at radius 3 is 2.44 bits per heavy atom. The summed E-state index contributed by atoms with van der Waals surface area (Å²) in [5.74, 6) is 0.00634. The molecular weight excluding hydrogens is 366 g/mol. The minimum Gasteiger partial charge on any atom is -0.495 e. The summed E-state index contributed by atoms with van der Waals surface area (Å²) in [5, 5.41) is 2.67. The number of hydrogen-bond acceptors (Lipinski definition) is 5. The van der Waals surface area contributed by atoms with Crippen LogP contribution in [0.3, 0.4) is 0 Å². The Kier molecular flexibility index (Phi) is 6.45. The number of ether oxygens (including phenoxy) is 1. The quantitative estimate of drug-likeness (QED) is 0.672. The van der Waals surface area contributed by atoms with E-state index in [0.29, 0.717) is 22.7 Å². The molecule has 1 atom stereocenters. The van der Waals surface area contributed by atoms with Crippen molar-refractivity contribution in [2.45, 2.75) is 31.7 Å². The highest BCUT2D eigenvalue weighted by Crippen LogP contribution is 2.28. The molecule has 0 bridgehead atoms. The van der Waals surface area contributed by atoms with Crippen molar-refractivity contribution in [3.8, 4) is 5.75 Å². The summed E-state index contributed by atoms with van der Waals surface area (Å²) in [6, 6.07) is 10.7. The molecule has 0 spiro atoms. The van der Waals surface area contributed by atoms with Gasteiger partial charge in [-0.25, -0.2) is 8.42 Å². The Hall–Kier alpha value is -2.58. The van der Waals surface area contributed by atoms with Crippen LogP contribution in [-0.4, -0.2) is 27.5 Å². The molecule has 0 aliphatic rings. The number of benzene rings is 2. The average Bonchev–Trinajstić information content (AvgIpc) is 2.62. The monoisotopic (exact) mass is 391 g/mol. The number of para-hydroxylation sites is 2. The summed E-state index contributed by atoms with van der Waals surface area (Å²) in [4.78, 5) is 12.2. The van der Waals surface area contributed by atoms with E-state index in [1.54, 1.807) is 43.3 Å². The lowest BCUT2D eigenvalue weighted by atomic mass is 10.0. The summed E-state index contributed by atoms with van der Waals surface area (Å²) in [6.07, 6.45) is 0. The molecule has 2 aromatic carbocycles. The molecule has 146 valence electrons. The number of amides is 1. The Morgan fingerprint density at radius 1 is 1.15 bits per heavy atom. The van der Waals surface area contributed by atoms with Crippen LogP contribution in [0.2, 0.25) is 0 Å². The SMILES string of the molecule is COc1ccccc1NS(=O)(=O)c1cc(NC(=O)[C@@H](N)C(C)C)ccc1C. The molecule has 0 saturated carbocycles. The fraction of sp³-hybridized carbons (Fsp3) is 0.316. The van der Waals surface area contributed by atoms with Crippen LogP contribution in [0.25, 0.3) is 0 Å². The summed E-state index contributed by atoms with van der Waals surface area (Å²) < 4.78 is 33.4. The Labute approximate surface area is 160 Å². The van der Waals surface area contributed by atoms with Gasteiger partial charge in [0.1, 0.15) is 5.75 Å². The van der Waals surface area contributed by atoms with E-state index in [9.17, 15) is 13.2 Å². The zero-order valence-electron chi connectivity index (χ0n) is 15.8. The highest BCUT2D eigenvalue weighted by Gasteiger charge is 2.21. The molecule has 0 saturated heterocycles. The van der Waals surface area contributed by atoms with Crippen LogP contribution in [0.4, 0.5) is 11.4 Å². The molecule has 0 aliphatic carbocycles. The number of nitrogens with one attached hydrogen (secondary N) is 2. The van der Waals surface area contributed by atoms with Gasteiger partial charge in [-0.1, -0.05) is 32.0 Å². The van der Waals surface area contributed by atoms with E-state index in [1.165, 1.54) is 13.2 Å². The molecule has 2 rings (SSSR count). The molecule has 27 heavy (non-hydrogen) atoms. The van der Waals surface area contributed by atoms with Crippen molar-refractivity contribution in [2.75, 3.05) is 17.1 Å². The van der Waals surface area contributed by atoms with E-state index in [1.807, 2.05) is 13.8 Å². The van der Waals surface area contributed by atoms with Gasteiger partial charge in [0, 0.05) is 5.69 Å². The molecule has 0 aromatic heterocycles. The number of nitrogens with two attached hydrogens (primary N) is 1. The van der Waals surface area contributed by atoms with Crippen molar-refractivity contribution < 1.29 is 17.9 Å². The second kappa shape index (κ2) is 8.41. The molecule has 0 aliphatic heterocycles. The number of hydrogen-bond donors (Lipinski definition) is 3. The maximum Gasteiger partial charge on any atom is 0.262 e. The second-order valence-electron chi connectivity index (χ2n) is 6.55. The first-order valence-corrected chi connectivity index (χ1v) is 9.97. The van der Waals surface area contributed by atoms with E-state index in [-0.39, 0.29) is 16.7 Å². The lowest BCUT2D eigenvalue weighted by molar-refractivity contribution is -0.118. The predicted molar refractivity (Wildman–Crippen MR) is 106 cm³/mol. The Balaban J connectivity index is 2.33. The fourth-order valence-electron chi connectivity index (χ4n) is 2.42. The average molecular weight is 391 g/mol. The van der Waals surface area contributed by atoms with Crippen molar-refractivity contribution in [1.82, 2.24) is 0 Å². The van der Waals surface area contributed by atoms with Crippen LogP contribution >= 0.6 is 0 Å². The molecule has 0 radical (unpaired) electrons. The number of sulfonamides is 1. The fourth-order valence-corrected chi connectivity index (χ4v) is 3.77. The smallest absolute Gasteiger partial charge is 0.262 e. The highest BCUT2D eigenvalue weighted by atomic mass is 32.2. The third-order valence-corrected chi connectivity index (χ3v) is 5.62. The standard InChI is InChI=1S/C19H25N3O4S/c1-12(2)18(20)19(23)21-14-10-9-13(3)17(11-14)27(24,25)22-15-7-5-6-8-16(15)26-4/h5-12,18,22H,20H2,1-4H3,(H,21,23)/t18-/m0/s1. The van der Waals surface area contributed by atoms with Gasteiger partial charge in [0.25, 0.3) is 10.0 Å². The van der Waals surface area contributed by atoms with E-state index >= 15 is 0 Å². The third kappa shape index (κ3) is 4.99. The number of methoxy groups -OCH3 is 1. The first kappa shape index (κ1) is 20.7. The van der Waals surface area contributed by atoms with Crippen LogP contribution < -0.4 is 20.5 Å². The minimum absolute atomic E-state index is 0.0362. The van der Waals surface area contributed by atoms with E-state index in [4.69, 9.17) is 10.5 Å². The molecule has 0 fully saturated rings. The van der Waals surface area contributed by atoms with Crippen molar-refractivity contribution in [1.29, 1.82) is 0 Å². The van der Waals surface area contributed by atoms with Crippen molar-refractivity contribution in [3.63, 3.8) is 0 Å². The minimum atomic E-state index is -3.88. The molecular formula is C19H25N3O4S. The van der Waals surface area contributed by atoms with Gasteiger partial charge in [-0.15, -0.1) is 0 Å². The highest BCUT2D eigenvalue weighted by molar-refractivity contribution is 7.92. The van der Waals surface area contributed by atoms with Gasteiger partial charge < -0.3 is 15.8 Å². The third-order valence-electron chi connectivity index (χ3n) is 4.12. The van der Waals surface area contributed by atoms with Gasteiger partial charge in [-0.3, -0.25) is 9.52 Å². The van der Waals surface area contributed by atoms with Gasteiger partial charge in [0.15, 0.2) is 0 Å². The first-order valence-electron chi connectivity index (χ1n) is 8.48. The topological polar surface area (TPSA) is 111 Å². The summed E-state index contributed by atoms with van der Waals surface area (Å²) in [6.45, 7) is 5.36. The van der Waals surface area contributed by atoms with Crippen molar-refractivity contribution in [3.05, 3.63) is 48.0 Å². The zero-order chi connectivity index (χ0) is 20.2. The number of rotatable bonds is 7. The van der Waals surface area contributed by atoms with Gasteiger partial charge in [0.2, 0.25) is 5.91 Å². The maximum atomic E-state index is 12.9. The lowest BCUT2D eigenvalue weighted by Crippen LogP contribution is -2.39. The van der Waals surface area contributed by atoms with Crippen LogP contribution in [0, 0.1) is 12.8 Å². The molecule has 4 N–H and O–H groups in total. The molecule has 0 unspecified atom stereocenters. The normalized spacial score (nSPS) is 12.5. The number of aryl methyl sites for hydroxylation is 1. The van der Waals surface area contributed by atoms with Crippen LogP contribution in [0.1, 0.15) is 19.4 Å². The summed E-state index contributed by atoms with van der Waals surface area (Å²) >= 11 is 0. The van der Waals surface area contributed by atoms with Gasteiger partial charge in [-0.05, 0) is 42.7 Å². The summed E-state index contributed by atoms with van der Waals surface area (Å²) in [7, 11) is -2.42. The lowest BCUT2D eigenvalue weighted by Gasteiger charge is -2.17. The number of carbonyl (C=O) groups excluding carboxylic acids is 1. The van der Waals surface area contributed by atoms with E-state index in [0.717, 1.165) is 0 Å². The zero-order valence-corrected chi connectivity index (χ0v) is 16.6. The van der Waals surface area contributed by atoms with Crippen LogP contribution in [0.5, 0.6) is 5.75 Å². The van der Waals surface area contributed by atoms with E-state index < -0.39 is 16.1 Å². The molecule has 8 heteroatoms. The number of carbonyl (C=O) groups is 1. The largest absolute Gasteiger partial charge is 0.495 e. The molecule has 0 heterocycles. The molecule has 1 amide bonds. The summed E-state index contributed by atoms with van der Waals surface area (Å²) in [5.41, 5.74) is 7.08. The first-order chi connectivity index (χ1) is 12.7. The number of anilines is 2. The molecule has 2 aromatic rings. The van der Waals surface area contributed by atoms with Crippen LogP contribution in [0.15, 0.2) is 47.4 Å². The van der Waals surface area contributed by atoms with Crippen LogP contribution in [-0.2, 0) is 14.8 Å². The van der Waals surface area contributed by atoms with Gasteiger partial charge in [-0.2, -0.15) is 0 Å². The second-order valence-corrected chi connectivity index (χ2v) is 8.20.